The lowest BCUT2D eigenvalue weighted by Gasteiger charge is -2.19. The van der Waals surface area contributed by atoms with Gasteiger partial charge < -0.3 is 14.8 Å². The van der Waals surface area contributed by atoms with E-state index in [4.69, 9.17) is 16.3 Å². The van der Waals surface area contributed by atoms with Gasteiger partial charge >= 0.3 is 5.97 Å². The molecule has 1 aliphatic rings. The van der Waals surface area contributed by atoms with E-state index in [9.17, 15) is 14.4 Å². The molecular formula is C27H32ClNO4S. The lowest BCUT2D eigenvalue weighted by atomic mass is 9.94. The monoisotopic (exact) mass is 501 g/mol. The van der Waals surface area contributed by atoms with Crippen LogP contribution in [-0.4, -0.2) is 37.1 Å². The summed E-state index contributed by atoms with van der Waals surface area (Å²) in [5.74, 6) is -0.576. The molecule has 1 unspecified atom stereocenters. The van der Waals surface area contributed by atoms with Crippen LogP contribution in [0.1, 0.15) is 45.6 Å². The van der Waals surface area contributed by atoms with Crippen LogP contribution in [0.3, 0.4) is 0 Å². The molecule has 0 fully saturated rings. The predicted molar refractivity (Wildman–Crippen MR) is 141 cm³/mol. The van der Waals surface area contributed by atoms with Crippen molar-refractivity contribution in [3.05, 3.63) is 75.7 Å². The van der Waals surface area contributed by atoms with E-state index in [1.807, 2.05) is 42.5 Å². The van der Waals surface area contributed by atoms with Crippen molar-refractivity contribution < 1.29 is 19.1 Å². The molecule has 0 heterocycles. The topological polar surface area (TPSA) is 72.5 Å². The van der Waals surface area contributed by atoms with Crippen molar-refractivity contribution >= 4 is 47.1 Å². The minimum absolute atomic E-state index is 0.189. The first kappa shape index (κ1) is 27.7. The number of carbonyl (C=O) groups is 3. The largest absolute Gasteiger partial charge is 0.466 e. The molecule has 5 nitrogen and oxygen atoms in total. The number of benzene rings is 1. The van der Waals surface area contributed by atoms with Gasteiger partial charge in [-0.2, -0.15) is 0 Å². The van der Waals surface area contributed by atoms with Crippen LogP contribution in [0.4, 0.5) is 0 Å². The van der Waals surface area contributed by atoms with Crippen molar-refractivity contribution in [2.45, 2.75) is 46.1 Å². The Morgan fingerprint density at radius 2 is 2.06 bits per heavy atom. The molecular weight excluding hydrogens is 470 g/mol. The SMILES string of the molecule is CCOC(=O)CCC(C=C1C=CC(c2cccc(Cl)c2)=CC1)NC(=O)C(=CC(C)(C)C=O)SC. The third-order valence-electron chi connectivity index (χ3n) is 5.14. The first-order valence-electron chi connectivity index (χ1n) is 11.2. The Balaban J connectivity index is 2.19. The summed E-state index contributed by atoms with van der Waals surface area (Å²) in [7, 11) is 0. The fourth-order valence-corrected chi connectivity index (χ4v) is 4.21. The van der Waals surface area contributed by atoms with E-state index >= 15 is 0 Å². The maximum Gasteiger partial charge on any atom is 0.305 e. The van der Waals surface area contributed by atoms with E-state index in [1.165, 1.54) is 11.8 Å². The Kier molecular flexibility index (Phi) is 10.9. The fraction of sp³-hybridized carbons (Fsp3) is 0.370. The Bertz CT molecular complexity index is 1020. The van der Waals surface area contributed by atoms with E-state index in [2.05, 4.69) is 11.4 Å². The molecule has 34 heavy (non-hydrogen) atoms. The van der Waals surface area contributed by atoms with Gasteiger partial charge in [-0.25, -0.2) is 0 Å². The van der Waals surface area contributed by atoms with Crippen LogP contribution in [0, 0.1) is 5.41 Å². The molecule has 0 saturated heterocycles. The fourth-order valence-electron chi connectivity index (χ4n) is 3.36. The summed E-state index contributed by atoms with van der Waals surface area (Å²) in [4.78, 5) is 36.6. The zero-order valence-corrected chi connectivity index (χ0v) is 21.7. The zero-order valence-electron chi connectivity index (χ0n) is 20.1. The number of nitrogens with one attached hydrogen (secondary N) is 1. The smallest absolute Gasteiger partial charge is 0.305 e. The van der Waals surface area contributed by atoms with Crippen molar-refractivity contribution in [2.75, 3.05) is 12.9 Å². The molecule has 0 aromatic heterocycles. The van der Waals surface area contributed by atoms with Gasteiger partial charge in [0.2, 0.25) is 0 Å². The van der Waals surface area contributed by atoms with Gasteiger partial charge in [0.15, 0.2) is 0 Å². The van der Waals surface area contributed by atoms with Crippen LogP contribution >= 0.6 is 23.4 Å². The molecule has 182 valence electrons. The molecule has 1 N–H and O–H groups in total. The first-order valence-corrected chi connectivity index (χ1v) is 12.8. The van der Waals surface area contributed by atoms with Crippen LogP contribution in [-0.2, 0) is 19.1 Å². The molecule has 1 atom stereocenters. The number of ether oxygens (including phenoxy) is 1. The minimum Gasteiger partial charge on any atom is -0.466 e. The van der Waals surface area contributed by atoms with E-state index in [-0.39, 0.29) is 24.3 Å². The van der Waals surface area contributed by atoms with Gasteiger partial charge in [0.25, 0.3) is 5.91 Å². The van der Waals surface area contributed by atoms with E-state index < -0.39 is 5.41 Å². The Morgan fingerprint density at radius 1 is 1.29 bits per heavy atom. The number of halogens is 1. The van der Waals surface area contributed by atoms with Crippen LogP contribution in [0.5, 0.6) is 0 Å². The molecule has 1 amide bonds. The van der Waals surface area contributed by atoms with E-state index in [0.717, 1.165) is 23.0 Å². The van der Waals surface area contributed by atoms with E-state index in [1.54, 1.807) is 33.1 Å². The van der Waals surface area contributed by atoms with Gasteiger partial charge in [-0.15, -0.1) is 11.8 Å². The Labute approximate surface area is 211 Å². The molecule has 2 rings (SSSR count). The third kappa shape index (κ3) is 8.99. The Morgan fingerprint density at radius 3 is 2.65 bits per heavy atom. The van der Waals surface area contributed by atoms with Gasteiger partial charge in [0, 0.05) is 22.9 Å². The number of hydrogen-bond acceptors (Lipinski definition) is 5. The van der Waals surface area contributed by atoms with Crippen molar-refractivity contribution in [1.29, 1.82) is 0 Å². The maximum atomic E-state index is 13.0. The molecule has 0 spiro atoms. The molecule has 1 aromatic rings. The van der Waals surface area contributed by atoms with Crippen LogP contribution < -0.4 is 5.32 Å². The summed E-state index contributed by atoms with van der Waals surface area (Å²) in [5, 5.41) is 3.70. The summed E-state index contributed by atoms with van der Waals surface area (Å²) in [6.07, 6.45) is 13.7. The number of rotatable bonds is 11. The van der Waals surface area contributed by atoms with Crippen molar-refractivity contribution in [3.63, 3.8) is 0 Å². The zero-order chi connectivity index (χ0) is 25.1. The second-order valence-electron chi connectivity index (χ2n) is 8.52. The molecule has 0 aliphatic heterocycles. The predicted octanol–water partition coefficient (Wildman–Crippen LogP) is 5.91. The van der Waals surface area contributed by atoms with E-state index in [0.29, 0.717) is 29.4 Å². The first-order chi connectivity index (χ1) is 16.2. The van der Waals surface area contributed by atoms with Crippen LogP contribution in [0.25, 0.3) is 5.57 Å². The molecule has 1 aliphatic carbocycles. The highest BCUT2D eigenvalue weighted by Crippen LogP contribution is 2.27. The van der Waals surface area contributed by atoms with Crippen molar-refractivity contribution in [2.24, 2.45) is 5.41 Å². The summed E-state index contributed by atoms with van der Waals surface area (Å²) < 4.78 is 5.05. The number of thioether (sulfide) groups is 1. The molecule has 0 saturated carbocycles. The second kappa shape index (κ2) is 13.4. The van der Waals surface area contributed by atoms with Crippen LogP contribution in [0.2, 0.25) is 5.02 Å². The highest BCUT2D eigenvalue weighted by Gasteiger charge is 2.21. The highest BCUT2D eigenvalue weighted by molar-refractivity contribution is 8.03. The maximum absolute atomic E-state index is 13.0. The van der Waals surface area contributed by atoms with Gasteiger partial charge in [-0.1, -0.05) is 54.1 Å². The summed E-state index contributed by atoms with van der Waals surface area (Å²) in [6.45, 7) is 5.58. The Hall–Kier alpha value is -2.57. The number of carbonyl (C=O) groups excluding carboxylic acids is 3. The number of aldehydes is 1. The molecule has 7 heteroatoms. The average molecular weight is 502 g/mol. The normalized spacial score (nSPS) is 16.1. The lowest BCUT2D eigenvalue weighted by Crippen LogP contribution is -2.35. The van der Waals surface area contributed by atoms with Gasteiger partial charge in [0.1, 0.15) is 6.29 Å². The van der Waals surface area contributed by atoms with Gasteiger partial charge in [-0.3, -0.25) is 9.59 Å². The highest BCUT2D eigenvalue weighted by atomic mass is 35.5. The van der Waals surface area contributed by atoms with Gasteiger partial charge in [-0.05, 0) is 68.7 Å². The summed E-state index contributed by atoms with van der Waals surface area (Å²) >= 11 is 7.40. The molecule has 0 bridgehead atoms. The standard InChI is InChI=1S/C27H32ClNO4S/c1-5-33-25(31)14-13-23(29-26(32)24(34-4)17-27(2,3)18-30)15-19-9-11-20(12-10-19)21-7-6-8-22(28)16-21/h6-9,11-12,15-18,23H,5,10,13-14H2,1-4H3,(H,29,32). The minimum atomic E-state index is -0.748. The lowest BCUT2D eigenvalue weighted by molar-refractivity contribution is -0.143. The molecule has 1 aromatic carbocycles. The van der Waals surface area contributed by atoms with Gasteiger partial charge in [0.05, 0.1) is 11.5 Å². The van der Waals surface area contributed by atoms with Crippen molar-refractivity contribution in [1.82, 2.24) is 5.32 Å². The number of hydrogen-bond donors (Lipinski definition) is 1. The van der Waals surface area contributed by atoms with Crippen molar-refractivity contribution in [3.8, 4) is 0 Å². The quantitative estimate of drug-likeness (QED) is 0.232. The summed E-state index contributed by atoms with van der Waals surface area (Å²) in [5.41, 5.74) is 2.41. The number of amides is 1. The number of allylic oxidation sites excluding steroid dienone is 6. The van der Waals surface area contributed by atoms with Crippen LogP contribution in [0.15, 0.2) is 65.1 Å². The summed E-state index contributed by atoms with van der Waals surface area (Å²) in [6, 6.07) is 7.32. The molecule has 0 radical (unpaired) electrons. The second-order valence-corrected chi connectivity index (χ2v) is 9.81. The average Bonchev–Trinajstić information content (AvgIpc) is 2.81. The third-order valence-corrected chi connectivity index (χ3v) is 6.12. The number of esters is 1.